The van der Waals surface area contributed by atoms with Crippen molar-refractivity contribution in [3.63, 3.8) is 0 Å². The highest BCUT2D eigenvalue weighted by Gasteiger charge is 2.01. The number of amidine groups is 1. The van der Waals surface area contributed by atoms with Crippen LogP contribution in [0.4, 0.5) is 4.39 Å². The molecule has 1 N–H and O–H groups in total. The zero-order valence-electron chi connectivity index (χ0n) is 7.17. The van der Waals surface area contributed by atoms with Crippen molar-refractivity contribution in [3.8, 4) is 0 Å². The maximum absolute atomic E-state index is 12.7. The topological polar surface area (TPSA) is 58.5 Å². The third-order valence-electron chi connectivity index (χ3n) is 0.946. The summed E-state index contributed by atoms with van der Waals surface area (Å²) in [7, 11) is 0. The van der Waals surface area contributed by atoms with E-state index >= 15 is 0 Å². The molecule has 0 fully saturated rings. The van der Waals surface area contributed by atoms with E-state index < -0.39 is 10.9 Å². The van der Waals surface area contributed by atoms with Gasteiger partial charge in [0.25, 0.3) is 0 Å². The molecule has 72 valence electrons. The number of nitrogens with zero attached hydrogens (tertiary/aromatic N) is 1. The van der Waals surface area contributed by atoms with Crippen LogP contribution in [0.2, 0.25) is 0 Å². The summed E-state index contributed by atoms with van der Waals surface area (Å²) in [5.74, 6) is -1.32. The molecule has 13 heavy (non-hydrogen) atoms. The third kappa shape index (κ3) is 5.13. The molecule has 0 atom stereocenters. The Bertz CT molecular complexity index is 286. The third-order valence-corrected chi connectivity index (χ3v) is 1.24. The monoisotopic (exact) mass is 204 g/mol. The standard InChI is InChI=1S/C7H9FN2O2S/c1-4(9-5(2)12)10-7(8)6(13)3-11/h3,13H,1-2H3,(H,9,10,12)/b7-6-. The summed E-state index contributed by atoms with van der Waals surface area (Å²) in [5, 5.41) is 2.24. The predicted octanol–water partition coefficient (Wildman–Crippen LogP) is 0.808. The van der Waals surface area contributed by atoms with E-state index in [1.807, 2.05) is 0 Å². The predicted molar refractivity (Wildman–Crippen MR) is 50.1 cm³/mol. The Balaban J connectivity index is 4.56. The smallest absolute Gasteiger partial charge is 0.231 e. The summed E-state index contributed by atoms with van der Waals surface area (Å²) in [6.07, 6.45) is 0.225. The second-order valence-corrected chi connectivity index (χ2v) is 2.65. The van der Waals surface area contributed by atoms with Gasteiger partial charge in [0.1, 0.15) is 5.84 Å². The molecule has 6 heteroatoms. The number of carbonyl (C=O) groups is 2. The largest absolute Gasteiger partial charge is 0.315 e. The second-order valence-electron chi connectivity index (χ2n) is 2.17. The van der Waals surface area contributed by atoms with Crippen LogP contribution in [0.15, 0.2) is 15.8 Å². The molecule has 4 nitrogen and oxygen atoms in total. The number of hydrogen-bond acceptors (Lipinski definition) is 4. The molecule has 0 spiro atoms. The van der Waals surface area contributed by atoms with Gasteiger partial charge in [-0.1, -0.05) is 0 Å². The average Bonchev–Trinajstić information content (AvgIpc) is 2.01. The van der Waals surface area contributed by atoms with Crippen LogP contribution in [-0.2, 0) is 9.59 Å². The van der Waals surface area contributed by atoms with Crippen molar-refractivity contribution < 1.29 is 14.0 Å². The van der Waals surface area contributed by atoms with Gasteiger partial charge in [-0.05, 0) is 6.92 Å². The summed E-state index contributed by atoms with van der Waals surface area (Å²) in [4.78, 5) is 23.3. The van der Waals surface area contributed by atoms with E-state index in [1.54, 1.807) is 0 Å². The summed E-state index contributed by atoms with van der Waals surface area (Å²) >= 11 is 3.51. The Morgan fingerprint density at radius 2 is 2.08 bits per heavy atom. The van der Waals surface area contributed by atoms with E-state index in [0.29, 0.717) is 0 Å². The van der Waals surface area contributed by atoms with Gasteiger partial charge in [0.2, 0.25) is 11.9 Å². The molecule has 0 saturated heterocycles. The minimum absolute atomic E-state index is 0.0680. The van der Waals surface area contributed by atoms with Gasteiger partial charge in [0.15, 0.2) is 6.29 Å². The Morgan fingerprint density at radius 1 is 1.54 bits per heavy atom. The number of hydrogen-bond donors (Lipinski definition) is 2. The lowest BCUT2D eigenvalue weighted by Crippen LogP contribution is -2.25. The SMILES string of the molecule is CC(=O)N/C(C)=N/C(F)=C(\S)C=O. The van der Waals surface area contributed by atoms with Crippen molar-refractivity contribution in [2.24, 2.45) is 4.99 Å². The molecule has 0 rings (SSSR count). The van der Waals surface area contributed by atoms with Gasteiger partial charge >= 0.3 is 0 Å². The van der Waals surface area contributed by atoms with Gasteiger partial charge in [-0.15, -0.1) is 12.6 Å². The highest BCUT2D eigenvalue weighted by Crippen LogP contribution is 2.08. The van der Waals surface area contributed by atoms with Crippen LogP contribution in [0.25, 0.3) is 0 Å². The highest BCUT2D eigenvalue weighted by molar-refractivity contribution is 7.85. The van der Waals surface area contributed by atoms with Gasteiger partial charge < -0.3 is 5.32 Å². The number of nitrogens with one attached hydrogen (secondary N) is 1. The molecule has 1 amide bonds. The Labute approximate surface area is 80.3 Å². The first-order valence-electron chi connectivity index (χ1n) is 3.34. The summed E-state index contributed by atoms with van der Waals surface area (Å²) in [5.41, 5.74) is 0. The number of thiol groups is 1. The molecule has 0 aliphatic rings. The van der Waals surface area contributed by atoms with Gasteiger partial charge in [-0.25, -0.2) is 4.99 Å². The van der Waals surface area contributed by atoms with Crippen LogP contribution in [0, 0.1) is 0 Å². The summed E-state index contributed by atoms with van der Waals surface area (Å²) in [6, 6.07) is 0. The minimum atomic E-state index is -1.02. The quantitative estimate of drug-likeness (QED) is 0.175. The van der Waals surface area contributed by atoms with Crippen LogP contribution in [0.5, 0.6) is 0 Å². The van der Waals surface area contributed by atoms with Crippen molar-refractivity contribution in [1.82, 2.24) is 5.32 Å². The number of allylic oxidation sites excluding steroid dienone is 1. The fourth-order valence-electron chi connectivity index (χ4n) is 0.536. The molecule has 0 aromatic carbocycles. The van der Waals surface area contributed by atoms with Crippen molar-refractivity contribution in [2.45, 2.75) is 13.8 Å². The summed E-state index contributed by atoms with van der Waals surface area (Å²) < 4.78 is 12.7. The van der Waals surface area contributed by atoms with Gasteiger partial charge in [0.05, 0.1) is 4.91 Å². The van der Waals surface area contributed by atoms with Crippen molar-refractivity contribution in [3.05, 3.63) is 10.9 Å². The molecule has 0 heterocycles. The first kappa shape index (κ1) is 11.8. The average molecular weight is 204 g/mol. The van der Waals surface area contributed by atoms with Crippen LogP contribution in [-0.4, -0.2) is 18.0 Å². The number of aliphatic imine (C=N–C) groups is 1. The minimum Gasteiger partial charge on any atom is -0.315 e. The molecular weight excluding hydrogens is 195 g/mol. The molecule has 0 aliphatic carbocycles. The second kappa shape index (κ2) is 5.47. The van der Waals surface area contributed by atoms with Gasteiger partial charge in [-0.3, -0.25) is 9.59 Å². The van der Waals surface area contributed by atoms with E-state index in [9.17, 15) is 14.0 Å². The Morgan fingerprint density at radius 3 is 2.46 bits per heavy atom. The van der Waals surface area contributed by atoms with E-state index in [-0.39, 0.29) is 18.0 Å². The molecule has 0 unspecified atom stereocenters. The van der Waals surface area contributed by atoms with E-state index in [4.69, 9.17) is 0 Å². The number of amides is 1. The van der Waals surface area contributed by atoms with Crippen molar-refractivity contribution >= 4 is 30.7 Å². The van der Waals surface area contributed by atoms with Gasteiger partial charge in [-0.2, -0.15) is 4.39 Å². The molecular formula is C7H9FN2O2S. The molecule has 0 aromatic rings. The normalized spacial score (nSPS) is 13.4. The van der Waals surface area contributed by atoms with Crippen molar-refractivity contribution in [2.75, 3.05) is 0 Å². The van der Waals surface area contributed by atoms with Crippen LogP contribution in [0.1, 0.15) is 13.8 Å². The zero-order valence-corrected chi connectivity index (χ0v) is 8.06. The fourth-order valence-corrected chi connectivity index (χ4v) is 0.586. The lowest BCUT2D eigenvalue weighted by atomic mass is 10.6. The molecule has 0 bridgehead atoms. The Kier molecular flexibility index (Phi) is 4.98. The number of halogens is 1. The van der Waals surface area contributed by atoms with Crippen LogP contribution < -0.4 is 5.32 Å². The molecule has 0 aliphatic heterocycles. The highest BCUT2D eigenvalue weighted by atomic mass is 32.1. The number of rotatable bonds is 2. The van der Waals surface area contributed by atoms with Gasteiger partial charge in [0, 0.05) is 6.92 Å². The van der Waals surface area contributed by atoms with E-state index in [2.05, 4.69) is 22.9 Å². The first-order chi connectivity index (χ1) is 5.97. The number of carbonyl (C=O) groups excluding carboxylic acids is 2. The molecule has 0 saturated carbocycles. The first-order valence-corrected chi connectivity index (χ1v) is 3.79. The lowest BCUT2D eigenvalue weighted by molar-refractivity contribution is -0.117. The maximum Gasteiger partial charge on any atom is 0.231 e. The fraction of sp³-hybridized carbons (Fsp3) is 0.286. The summed E-state index contributed by atoms with van der Waals surface area (Å²) in [6.45, 7) is 2.66. The number of aldehydes is 1. The Hall–Kier alpha value is -1.17. The van der Waals surface area contributed by atoms with E-state index in [0.717, 1.165) is 0 Å². The van der Waals surface area contributed by atoms with E-state index in [1.165, 1.54) is 13.8 Å². The van der Waals surface area contributed by atoms with Crippen LogP contribution in [0.3, 0.4) is 0 Å². The molecule has 0 aromatic heterocycles. The molecule has 0 radical (unpaired) electrons. The van der Waals surface area contributed by atoms with Crippen LogP contribution >= 0.6 is 12.6 Å². The van der Waals surface area contributed by atoms with Crippen molar-refractivity contribution in [1.29, 1.82) is 0 Å². The maximum atomic E-state index is 12.7. The lowest BCUT2D eigenvalue weighted by Gasteiger charge is -1.98. The zero-order chi connectivity index (χ0) is 10.4.